The van der Waals surface area contributed by atoms with Gasteiger partial charge in [0.25, 0.3) is 0 Å². The monoisotopic (exact) mass is 315 g/mol. The molecule has 1 aromatic carbocycles. The number of aliphatic hydroxyl groups is 1. The van der Waals surface area contributed by atoms with E-state index in [-0.39, 0.29) is 11.5 Å². The van der Waals surface area contributed by atoms with Gasteiger partial charge in [0.15, 0.2) is 0 Å². The molecule has 0 heterocycles. The molecule has 0 saturated carbocycles. The minimum Gasteiger partial charge on any atom is -0.494 e. The van der Waals surface area contributed by atoms with E-state index in [0.717, 1.165) is 19.3 Å². The van der Waals surface area contributed by atoms with Crippen LogP contribution in [0.15, 0.2) is 23.1 Å². The Morgan fingerprint density at radius 2 is 1.95 bits per heavy atom. The Hall–Kier alpha value is -1.11. The molecule has 5 nitrogen and oxygen atoms in total. The van der Waals surface area contributed by atoms with Crippen LogP contribution in [0.5, 0.6) is 5.75 Å². The quantitative estimate of drug-likeness (QED) is 0.711. The molecule has 0 amide bonds. The highest BCUT2D eigenvalue weighted by Gasteiger charge is 2.21. The van der Waals surface area contributed by atoms with Crippen molar-refractivity contribution in [3.05, 3.63) is 23.8 Å². The van der Waals surface area contributed by atoms with Gasteiger partial charge in [-0.15, -0.1) is 0 Å². The molecule has 0 bridgehead atoms. The standard InChI is InChI=1S/C15H25NO4S/c1-4-6-7-10-16(3)21(18,19)14-8-9-15(20-5-2)13(11-14)12-17/h8-9,11,17H,4-7,10,12H2,1-3H3. The van der Waals surface area contributed by atoms with Gasteiger partial charge in [-0.25, -0.2) is 12.7 Å². The van der Waals surface area contributed by atoms with Crippen LogP contribution in [-0.4, -0.2) is 38.0 Å². The van der Waals surface area contributed by atoms with Gasteiger partial charge in [-0.1, -0.05) is 19.8 Å². The van der Waals surface area contributed by atoms with Gasteiger partial charge in [0.05, 0.1) is 18.1 Å². The van der Waals surface area contributed by atoms with Crippen molar-refractivity contribution >= 4 is 10.0 Å². The summed E-state index contributed by atoms with van der Waals surface area (Å²) in [6.07, 6.45) is 2.90. The first kappa shape index (κ1) is 17.9. The lowest BCUT2D eigenvalue weighted by atomic mass is 10.2. The first-order chi connectivity index (χ1) is 9.97. The Bertz CT molecular complexity index is 543. The van der Waals surface area contributed by atoms with Crippen molar-refractivity contribution in [2.75, 3.05) is 20.2 Å². The van der Waals surface area contributed by atoms with Crippen LogP contribution in [0, 0.1) is 0 Å². The summed E-state index contributed by atoms with van der Waals surface area (Å²) < 4.78 is 31.7. The molecule has 0 aliphatic heterocycles. The van der Waals surface area contributed by atoms with E-state index in [4.69, 9.17) is 4.74 Å². The lowest BCUT2D eigenvalue weighted by Crippen LogP contribution is -2.28. The Balaban J connectivity index is 2.97. The summed E-state index contributed by atoms with van der Waals surface area (Å²) in [5, 5.41) is 9.36. The number of aliphatic hydroxyl groups excluding tert-OH is 1. The summed E-state index contributed by atoms with van der Waals surface area (Å²) >= 11 is 0. The van der Waals surface area contributed by atoms with Crippen LogP contribution in [0.1, 0.15) is 38.7 Å². The van der Waals surface area contributed by atoms with E-state index in [2.05, 4.69) is 6.92 Å². The van der Waals surface area contributed by atoms with Crippen molar-refractivity contribution < 1.29 is 18.3 Å². The SMILES string of the molecule is CCCCCN(C)S(=O)(=O)c1ccc(OCC)c(CO)c1. The molecular formula is C15H25NO4S. The molecular weight excluding hydrogens is 290 g/mol. The molecule has 0 spiro atoms. The number of hydrogen-bond donors (Lipinski definition) is 1. The average molecular weight is 315 g/mol. The molecule has 0 fully saturated rings. The van der Waals surface area contributed by atoms with Crippen LogP contribution in [-0.2, 0) is 16.6 Å². The second-order valence-corrected chi connectivity index (χ2v) is 6.94. The molecule has 0 aliphatic carbocycles. The summed E-state index contributed by atoms with van der Waals surface area (Å²) in [6.45, 7) is 4.63. The maximum atomic E-state index is 12.5. The zero-order valence-electron chi connectivity index (χ0n) is 13.0. The molecule has 1 aromatic rings. The molecule has 120 valence electrons. The zero-order valence-corrected chi connectivity index (χ0v) is 13.8. The maximum absolute atomic E-state index is 12.5. The third kappa shape index (κ3) is 4.69. The fraction of sp³-hybridized carbons (Fsp3) is 0.600. The number of unbranched alkanes of at least 4 members (excludes halogenated alkanes) is 2. The molecule has 0 aliphatic rings. The third-order valence-corrected chi connectivity index (χ3v) is 5.14. The normalized spacial score (nSPS) is 11.9. The van der Waals surface area contributed by atoms with E-state index in [1.807, 2.05) is 6.92 Å². The van der Waals surface area contributed by atoms with Crippen LogP contribution in [0.25, 0.3) is 0 Å². The van der Waals surface area contributed by atoms with Crippen LogP contribution in [0.3, 0.4) is 0 Å². The molecule has 0 atom stereocenters. The van der Waals surface area contributed by atoms with Gasteiger partial charge < -0.3 is 9.84 Å². The van der Waals surface area contributed by atoms with E-state index >= 15 is 0 Å². The number of hydrogen-bond acceptors (Lipinski definition) is 4. The van der Waals surface area contributed by atoms with E-state index in [1.165, 1.54) is 16.4 Å². The molecule has 21 heavy (non-hydrogen) atoms. The Kier molecular flexibility index (Phi) is 7.14. The fourth-order valence-electron chi connectivity index (χ4n) is 2.02. The highest BCUT2D eigenvalue weighted by Crippen LogP contribution is 2.24. The largest absolute Gasteiger partial charge is 0.494 e. The fourth-order valence-corrected chi connectivity index (χ4v) is 3.28. The predicted octanol–water partition coefficient (Wildman–Crippen LogP) is 2.39. The third-order valence-electron chi connectivity index (χ3n) is 3.29. The number of sulfonamides is 1. The smallest absolute Gasteiger partial charge is 0.242 e. The molecule has 0 saturated heterocycles. The van der Waals surface area contributed by atoms with E-state index in [9.17, 15) is 13.5 Å². The molecule has 0 radical (unpaired) electrons. The number of nitrogens with zero attached hydrogens (tertiary/aromatic N) is 1. The van der Waals surface area contributed by atoms with Crippen molar-refractivity contribution in [2.45, 2.75) is 44.6 Å². The number of benzene rings is 1. The van der Waals surface area contributed by atoms with E-state index < -0.39 is 10.0 Å². The van der Waals surface area contributed by atoms with E-state index in [1.54, 1.807) is 13.1 Å². The molecule has 0 unspecified atom stereocenters. The first-order valence-electron chi connectivity index (χ1n) is 7.30. The molecule has 6 heteroatoms. The van der Waals surface area contributed by atoms with Gasteiger partial charge >= 0.3 is 0 Å². The molecule has 1 N–H and O–H groups in total. The average Bonchev–Trinajstić information content (AvgIpc) is 2.47. The summed E-state index contributed by atoms with van der Waals surface area (Å²) in [4.78, 5) is 0.189. The second-order valence-electron chi connectivity index (χ2n) is 4.89. The van der Waals surface area contributed by atoms with Gasteiger partial charge in [-0.2, -0.15) is 0 Å². The summed E-state index contributed by atoms with van der Waals surface area (Å²) in [6, 6.07) is 4.61. The number of rotatable bonds is 9. The minimum atomic E-state index is -3.52. The predicted molar refractivity (Wildman–Crippen MR) is 82.9 cm³/mol. The van der Waals surface area contributed by atoms with Gasteiger partial charge in [-0.05, 0) is 31.5 Å². The van der Waals surface area contributed by atoms with Crippen molar-refractivity contribution in [3.8, 4) is 5.75 Å². The zero-order chi connectivity index (χ0) is 15.9. The van der Waals surface area contributed by atoms with Gasteiger partial charge in [0.1, 0.15) is 5.75 Å². The summed E-state index contributed by atoms with van der Waals surface area (Å²) in [5.41, 5.74) is 0.486. The Morgan fingerprint density at radius 3 is 2.52 bits per heavy atom. The van der Waals surface area contributed by atoms with Crippen LogP contribution in [0.2, 0.25) is 0 Å². The summed E-state index contributed by atoms with van der Waals surface area (Å²) in [7, 11) is -1.93. The highest BCUT2D eigenvalue weighted by molar-refractivity contribution is 7.89. The van der Waals surface area contributed by atoms with Gasteiger partial charge in [-0.3, -0.25) is 0 Å². The van der Waals surface area contributed by atoms with Crippen LogP contribution in [0.4, 0.5) is 0 Å². The van der Waals surface area contributed by atoms with E-state index in [0.29, 0.717) is 24.5 Å². The highest BCUT2D eigenvalue weighted by atomic mass is 32.2. The molecule has 0 aromatic heterocycles. The van der Waals surface area contributed by atoms with Crippen molar-refractivity contribution in [3.63, 3.8) is 0 Å². The van der Waals surface area contributed by atoms with Gasteiger partial charge in [0, 0.05) is 19.2 Å². The Morgan fingerprint density at radius 1 is 1.24 bits per heavy atom. The lowest BCUT2D eigenvalue weighted by molar-refractivity contribution is 0.266. The molecule has 1 rings (SSSR count). The minimum absolute atomic E-state index is 0.189. The topological polar surface area (TPSA) is 66.8 Å². The van der Waals surface area contributed by atoms with Gasteiger partial charge in [0.2, 0.25) is 10.0 Å². The van der Waals surface area contributed by atoms with Crippen LogP contribution < -0.4 is 4.74 Å². The first-order valence-corrected chi connectivity index (χ1v) is 8.74. The summed E-state index contributed by atoms with van der Waals surface area (Å²) in [5.74, 6) is 0.521. The second kappa shape index (κ2) is 8.36. The number of ether oxygens (including phenoxy) is 1. The van der Waals surface area contributed by atoms with Crippen molar-refractivity contribution in [2.24, 2.45) is 0 Å². The lowest BCUT2D eigenvalue weighted by Gasteiger charge is -2.18. The Labute approximate surface area is 127 Å². The van der Waals surface area contributed by atoms with Crippen LogP contribution >= 0.6 is 0 Å². The maximum Gasteiger partial charge on any atom is 0.242 e. The van der Waals surface area contributed by atoms with Crippen molar-refractivity contribution in [1.82, 2.24) is 4.31 Å². The van der Waals surface area contributed by atoms with Crippen molar-refractivity contribution in [1.29, 1.82) is 0 Å².